The average Bonchev–Trinajstić information content (AvgIpc) is 2.79. The normalized spacial score (nSPS) is 31.8. The molecule has 6 atom stereocenters. The summed E-state index contributed by atoms with van der Waals surface area (Å²) in [5, 5.41) is 59.1. The fraction of sp³-hybridized carbons (Fsp3) is 0.519. The van der Waals surface area contributed by atoms with Crippen LogP contribution in [-0.4, -0.2) is 86.3 Å². The summed E-state index contributed by atoms with van der Waals surface area (Å²) in [6.45, 7) is 7.41. The number of carbonyl (C=O) groups is 3. The van der Waals surface area contributed by atoms with Gasteiger partial charge in [-0.3, -0.25) is 19.3 Å². The van der Waals surface area contributed by atoms with Gasteiger partial charge in [-0.1, -0.05) is 39.8 Å². The van der Waals surface area contributed by atoms with Crippen LogP contribution in [0.2, 0.25) is 0 Å². The first-order valence-electron chi connectivity index (χ1n) is 12.2. The summed E-state index contributed by atoms with van der Waals surface area (Å²) in [6.07, 6.45) is -1.58. The summed E-state index contributed by atoms with van der Waals surface area (Å²) in [6, 6.07) is 3.25. The van der Waals surface area contributed by atoms with Crippen LogP contribution in [0.3, 0.4) is 0 Å². The Bertz CT molecular complexity index is 1260. The maximum atomic E-state index is 13.7. The third-order valence-corrected chi connectivity index (χ3v) is 7.76. The van der Waals surface area contributed by atoms with Crippen LogP contribution in [-0.2, 0) is 9.59 Å². The Labute approximate surface area is 214 Å². The summed E-state index contributed by atoms with van der Waals surface area (Å²) >= 11 is 0. The number of Topliss-reactive ketones (excluding diaryl/α,β-unsaturated/α-hetero) is 2. The molecule has 6 N–H and O–H groups in total. The van der Waals surface area contributed by atoms with E-state index in [0.29, 0.717) is 5.56 Å². The first-order valence-corrected chi connectivity index (χ1v) is 12.2. The molecule has 0 aromatic heterocycles. The first kappa shape index (κ1) is 26.8. The highest BCUT2D eigenvalue weighted by atomic mass is 16.4. The number of rotatable bonds is 3. The molecular weight excluding hydrogens is 480 g/mol. The molecule has 0 bridgehead atoms. The van der Waals surface area contributed by atoms with Crippen molar-refractivity contribution in [3.05, 3.63) is 52.0 Å². The van der Waals surface area contributed by atoms with E-state index in [9.17, 15) is 39.9 Å². The highest BCUT2D eigenvalue weighted by Gasteiger charge is 2.67. The van der Waals surface area contributed by atoms with Crippen molar-refractivity contribution in [1.82, 2.24) is 10.2 Å². The lowest BCUT2D eigenvalue weighted by Gasteiger charge is -2.53. The number of phenolic OH excluding ortho intramolecular Hbond substituents is 1. The molecule has 1 aromatic carbocycles. The number of likely N-dealkylation sites (N-methyl/N-ethyl adjacent to an activating group) is 1. The second-order valence-electron chi connectivity index (χ2n) is 11.7. The van der Waals surface area contributed by atoms with Gasteiger partial charge in [0.1, 0.15) is 22.8 Å². The van der Waals surface area contributed by atoms with E-state index in [1.54, 1.807) is 19.1 Å². The van der Waals surface area contributed by atoms with E-state index in [-0.39, 0.29) is 23.3 Å². The fourth-order valence-electron chi connectivity index (χ4n) is 6.00. The Kier molecular flexibility index (Phi) is 6.30. The molecule has 3 aliphatic rings. The Morgan fingerprint density at radius 1 is 1.14 bits per heavy atom. The molecule has 3 aliphatic carbocycles. The van der Waals surface area contributed by atoms with E-state index in [1.807, 2.05) is 20.8 Å². The molecule has 10 nitrogen and oxygen atoms in total. The molecular formula is C27H34N2O8. The number of fused-ring (bicyclic) bond motifs is 3. The minimum Gasteiger partial charge on any atom is -0.510 e. The zero-order valence-electron chi connectivity index (χ0n) is 21.7. The molecule has 1 aromatic rings. The van der Waals surface area contributed by atoms with E-state index >= 15 is 0 Å². The molecule has 0 unspecified atom stereocenters. The highest BCUT2D eigenvalue weighted by Crippen LogP contribution is 2.55. The van der Waals surface area contributed by atoms with Crippen LogP contribution in [0.15, 0.2) is 40.9 Å². The van der Waals surface area contributed by atoms with Crippen molar-refractivity contribution < 1.29 is 39.9 Å². The van der Waals surface area contributed by atoms with Gasteiger partial charge >= 0.3 is 0 Å². The van der Waals surface area contributed by atoms with Crippen molar-refractivity contribution in [1.29, 1.82) is 0 Å². The second kappa shape index (κ2) is 8.68. The Hall–Kier alpha value is -3.21. The van der Waals surface area contributed by atoms with Crippen molar-refractivity contribution in [2.24, 2.45) is 17.3 Å². The van der Waals surface area contributed by atoms with Crippen LogP contribution in [0.25, 0.3) is 0 Å². The molecule has 10 heteroatoms. The molecule has 0 aliphatic heterocycles. The van der Waals surface area contributed by atoms with Crippen molar-refractivity contribution in [3.63, 3.8) is 0 Å². The van der Waals surface area contributed by atoms with Gasteiger partial charge in [0.05, 0.1) is 23.6 Å². The SMILES string of the molecule is C[C@H]1c2cccc(O)c2C(=O)C2=C(O)[C@]3(O)C(=O)C(C(=O)NCC(C)(C)C)=C(O)[C@@H](N(C)C)[C@@H]3[C@@H](O)[C@@H]21. The monoisotopic (exact) mass is 514 g/mol. The largest absolute Gasteiger partial charge is 0.510 e. The molecule has 0 saturated heterocycles. The Morgan fingerprint density at radius 2 is 1.76 bits per heavy atom. The maximum absolute atomic E-state index is 13.7. The number of benzene rings is 1. The van der Waals surface area contributed by atoms with Gasteiger partial charge in [0.2, 0.25) is 5.78 Å². The Balaban J connectivity index is 1.95. The molecule has 1 amide bonds. The number of nitrogens with one attached hydrogen (secondary N) is 1. The predicted octanol–water partition coefficient (Wildman–Crippen LogP) is 1.33. The van der Waals surface area contributed by atoms with Crippen LogP contribution < -0.4 is 5.32 Å². The van der Waals surface area contributed by atoms with Crippen LogP contribution in [0.1, 0.15) is 49.5 Å². The standard InChI is InChI=1S/C27H34N2O8/c1-11-12-8-7-9-13(30)15(12)20(31)16-14(11)21(32)18-19(29(5)6)22(33)17(24(35)27(18,37)23(16)34)25(36)28-10-26(2,3)4/h7-9,11,14,18-19,21,30,32-34,37H,10H2,1-6H3,(H,28,36)/t11-,14+,18+,19-,21-,27-/m0/s1. The topological polar surface area (TPSA) is 168 Å². The van der Waals surface area contributed by atoms with Crippen molar-refractivity contribution >= 4 is 17.5 Å². The van der Waals surface area contributed by atoms with E-state index in [2.05, 4.69) is 5.32 Å². The summed E-state index contributed by atoms with van der Waals surface area (Å²) in [5.74, 6) is -8.20. The molecule has 200 valence electrons. The lowest BCUT2D eigenvalue weighted by molar-refractivity contribution is -0.162. The van der Waals surface area contributed by atoms with Gasteiger partial charge in [-0.2, -0.15) is 0 Å². The van der Waals surface area contributed by atoms with Crippen molar-refractivity contribution in [3.8, 4) is 5.75 Å². The van der Waals surface area contributed by atoms with Gasteiger partial charge in [0.25, 0.3) is 5.91 Å². The zero-order valence-corrected chi connectivity index (χ0v) is 21.7. The number of aliphatic hydroxyl groups excluding tert-OH is 3. The third kappa shape index (κ3) is 3.77. The smallest absolute Gasteiger partial charge is 0.258 e. The highest BCUT2D eigenvalue weighted by molar-refractivity contribution is 6.25. The number of aromatic hydroxyl groups is 1. The van der Waals surface area contributed by atoms with Crippen LogP contribution in [0.5, 0.6) is 5.75 Å². The van der Waals surface area contributed by atoms with Gasteiger partial charge in [-0.15, -0.1) is 0 Å². The number of amides is 1. The number of carbonyl (C=O) groups excluding carboxylic acids is 3. The minimum atomic E-state index is -2.88. The summed E-state index contributed by atoms with van der Waals surface area (Å²) in [5.41, 5.74) is -4.02. The van der Waals surface area contributed by atoms with Gasteiger partial charge < -0.3 is 30.8 Å². The second-order valence-corrected chi connectivity index (χ2v) is 11.7. The number of nitrogens with zero attached hydrogens (tertiary/aromatic N) is 1. The maximum Gasteiger partial charge on any atom is 0.258 e. The van der Waals surface area contributed by atoms with E-state index in [4.69, 9.17) is 0 Å². The van der Waals surface area contributed by atoms with Crippen LogP contribution in [0, 0.1) is 17.3 Å². The number of hydrogen-bond donors (Lipinski definition) is 6. The number of hydrogen-bond acceptors (Lipinski definition) is 9. The van der Waals surface area contributed by atoms with E-state index in [1.165, 1.54) is 25.1 Å². The number of phenols is 1. The average molecular weight is 515 g/mol. The van der Waals surface area contributed by atoms with Gasteiger partial charge in [0, 0.05) is 18.0 Å². The number of aliphatic hydroxyl groups is 4. The fourth-order valence-corrected chi connectivity index (χ4v) is 6.00. The lowest BCUT2D eigenvalue weighted by atomic mass is 9.55. The van der Waals surface area contributed by atoms with Crippen LogP contribution >= 0.6 is 0 Å². The first-order chi connectivity index (χ1) is 17.1. The summed E-state index contributed by atoms with van der Waals surface area (Å²) in [4.78, 5) is 41.8. The van der Waals surface area contributed by atoms with Gasteiger partial charge in [-0.25, -0.2) is 0 Å². The van der Waals surface area contributed by atoms with Gasteiger partial charge in [-0.05, 0) is 37.1 Å². The molecule has 0 fully saturated rings. The molecule has 4 rings (SSSR count). The third-order valence-electron chi connectivity index (χ3n) is 7.76. The zero-order chi connectivity index (χ0) is 27.8. The summed E-state index contributed by atoms with van der Waals surface area (Å²) < 4.78 is 0. The van der Waals surface area contributed by atoms with Crippen molar-refractivity contribution in [2.75, 3.05) is 20.6 Å². The Morgan fingerprint density at radius 3 is 2.32 bits per heavy atom. The molecule has 0 spiro atoms. The summed E-state index contributed by atoms with van der Waals surface area (Å²) in [7, 11) is 3.07. The minimum absolute atomic E-state index is 0.0870. The van der Waals surface area contributed by atoms with E-state index in [0.717, 1.165) is 0 Å². The molecule has 0 saturated carbocycles. The quantitative estimate of drug-likeness (QED) is 0.326. The predicted molar refractivity (Wildman–Crippen MR) is 133 cm³/mol. The molecule has 37 heavy (non-hydrogen) atoms. The van der Waals surface area contributed by atoms with Gasteiger partial charge in [0.15, 0.2) is 11.4 Å². The van der Waals surface area contributed by atoms with Crippen LogP contribution in [0.4, 0.5) is 0 Å². The lowest BCUT2D eigenvalue weighted by Crippen LogP contribution is -2.68. The number of ketones is 2. The molecule has 0 radical (unpaired) electrons. The van der Waals surface area contributed by atoms with E-state index < -0.39 is 75.6 Å². The molecule has 0 heterocycles. The van der Waals surface area contributed by atoms with Crippen molar-refractivity contribution in [2.45, 2.75) is 51.4 Å².